The molecular weight excluding hydrogens is 266 g/mol. The molecule has 8 nitrogen and oxygen atoms in total. The number of aromatic nitrogens is 2. The number of nitrogens with zero attached hydrogens (tertiary/aromatic N) is 3. The van der Waals surface area contributed by atoms with Crippen molar-refractivity contribution in [3.63, 3.8) is 0 Å². The molecule has 0 unspecified atom stereocenters. The van der Waals surface area contributed by atoms with E-state index in [0.29, 0.717) is 0 Å². The molecule has 0 spiro atoms. The molecule has 0 radical (unpaired) electrons. The first-order chi connectivity index (χ1) is 9.47. The summed E-state index contributed by atoms with van der Waals surface area (Å²) in [6.07, 6.45) is 3.37. The fraction of sp³-hybridized carbons (Fsp3) is 0.167. The van der Waals surface area contributed by atoms with Crippen molar-refractivity contribution < 1.29 is 19.6 Å². The average molecular weight is 277 g/mol. The second-order valence-corrected chi connectivity index (χ2v) is 4.05. The zero-order valence-electron chi connectivity index (χ0n) is 10.5. The van der Waals surface area contributed by atoms with Crippen LogP contribution >= 0.6 is 0 Å². The quantitative estimate of drug-likeness (QED) is 0.657. The summed E-state index contributed by atoms with van der Waals surface area (Å²) >= 11 is 0. The molecule has 0 aliphatic carbocycles. The third kappa shape index (κ3) is 2.91. The lowest BCUT2D eigenvalue weighted by molar-refractivity contribution is -0.385. The number of ether oxygens (including phenoxy) is 1. The highest BCUT2D eigenvalue weighted by Crippen LogP contribution is 2.24. The summed E-state index contributed by atoms with van der Waals surface area (Å²) in [4.78, 5) is 21.0. The van der Waals surface area contributed by atoms with Gasteiger partial charge in [-0.05, 0) is 6.07 Å². The first kappa shape index (κ1) is 13.5. The second kappa shape index (κ2) is 5.39. The summed E-state index contributed by atoms with van der Waals surface area (Å²) in [5, 5.41) is 23.6. The van der Waals surface area contributed by atoms with Gasteiger partial charge in [0.15, 0.2) is 0 Å². The van der Waals surface area contributed by atoms with E-state index in [1.54, 1.807) is 24.1 Å². The van der Waals surface area contributed by atoms with Gasteiger partial charge in [0.25, 0.3) is 5.69 Å². The van der Waals surface area contributed by atoms with Gasteiger partial charge in [0.2, 0.25) is 0 Å². The summed E-state index contributed by atoms with van der Waals surface area (Å²) in [6, 6.07) is 3.61. The van der Waals surface area contributed by atoms with E-state index < -0.39 is 22.1 Å². The molecule has 1 heterocycles. The van der Waals surface area contributed by atoms with E-state index >= 15 is 0 Å². The zero-order chi connectivity index (χ0) is 14.7. The minimum Gasteiger partial charge on any atom is -0.489 e. The predicted octanol–water partition coefficient (Wildman–Crippen LogP) is 1.61. The van der Waals surface area contributed by atoms with Crippen LogP contribution in [-0.2, 0) is 13.7 Å². The number of benzene rings is 1. The highest BCUT2D eigenvalue weighted by Gasteiger charge is 2.20. The Kier molecular flexibility index (Phi) is 3.65. The monoisotopic (exact) mass is 277 g/mol. The fourth-order valence-electron chi connectivity index (χ4n) is 1.65. The van der Waals surface area contributed by atoms with Crippen LogP contribution in [0, 0.1) is 10.1 Å². The molecule has 0 bridgehead atoms. The van der Waals surface area contributed by atoms with Crippen molar-refractivity contribution in [2.24, 2.45) is 7.05 Å². The minimum absolute atomic E-state index is 0.199. The molecule has 2 aromatic rings. The van der Waals surface area contributed by atoms with Gasteiger partial charge in [0.1, 0.15) is 17.9 Å². The molecule has 0 fully saturated rings. The molecule has 0 amide bonds. The van der Waals surface area contributed by atoms with E-state index in [1.807, 2.05) is 0 Å². The van der Waals surface area contributed by atoms with E-state index in [4.69, 9.17) is 9.84 Å². The number of nitro groups is 1. The van der Waals surface area contributed by atoms with E-state index in [1.165, 1.54) is 6.07 Å². The van der Waals surface area contributed by atoms with Crippen molar-refractivity contribution in [1.82, 2.24) is 9.78 Å². The molecule has 0 saturated carbocycles. The van der Waals surface area contributed by atoms with E-state index in [-0.39, 0.29) is 12.4 Å². The first-order valence-electron chi connectivity index (χ1n) is 5.59. The van der Waals surface area contributed by atoms with Gasteiger partial charge in [-0.2, -0.15) is 5.10 Å². The van der Waals surface area contributed by atoms with Gasteiger partial charge in [0.05, 0.1) is 11.1 Å². The van der Waals surface area contributed by atoms with Crippen LogP contribution in [-0.4, -0.2) is 25.8 Å². The number of carbonyl (C=O) groups is 1. The lowest BCUT2D eigenvalue weighted by Gasteiger charge is -2.05. The molecule has 104 valence electrons. The number of carboxylic acids is 1. The number of nitro benzene ring substituents is 1. The van der Waals surface area contributed by atoms with Crippen LogP contribution in [0.15, 0.2) is 30.6 Å². The van der Waals surface area contributed by atoms with Gasteiger partial charge in [-0.15, -0.1) is 0 Å². The number of hydrogen-bond acceptors (Lipinski definition) is 5. The molecule has 0 aliphatic rings. The molecule has 0 aliphatic heterocycles. The maximum Gasteiger partial charge on any atom is 0.342 e. The molecule has 1 N–H and O–H groups in total. The molecule has 2 rings (SSSR count). The van der Waals surface area contributed by atoms with Crippen molar-refractivity contribution >= 4 is 11.7 Å². The van der Waals surface area contributed by atoms with Crippen LogP contribution in [0.25, 0.3) is 0 Å². The Balaban J connectivity index is 2.18. The van der Waals surface area contributed by atoms with Crippen LogP contribution < -0.4 is 4.74 Å². The highest BCUT2D eigenvalue weighted by atomic mass is 16.6. The Bertz CT molecular complexity index is 665. The fourth-order valence-corrected chi connectivity index (χ4v) is 1.65. The van der Waals surface area contributed by atoms with Crippen molar-refractivity contribution in [1.29, 1.82) is 0 Å². The van der Waals surface area contributed by atoms with E-state index in [2.05, 4.69) is 5.10 Å². The van der Waals surface area contributed by atoms with Gasteiger partial charge in [0, 0.05) is 30.9 Å². The summed E-state index contributed by atoms with van der Waals surface area (Å²) in [6.45, 7) is 0.199. The van der Waals surface area contributed by atoms with Crippen LogP contribution in [0.1, 0.15) is 15.9 Å². The standard InChI is InChI=1S/C12H11N3O5/c1-14-6-8(5-13-14)7-20-9-2-3-11(15(18)19)10(4-9)12(16)17/h2-6H,7H2,1H3,(H,16,17). The van der Waals surface area contributed by atoms with Crippen molar-refractivity contribution in [3.05, 3.63) is 51.8 Å². The average Bonchev–Trinajstić information content (AvgIpc) is 2.81. The smallest absolute Gasteiger partial charge is 0.342 e. The van der Waals surface area contributed by atoms with Crippen molar-refractivity contribution in [3.8, 4) is 5.75 Å². The lowest BCUT2D eigenvalue weighted by atomic mass is 10.1. The third-order valence-electron chi connectivity index (χ3n) is 2.56. The Labute approximate surface area is 113 Å². The maximum absolute atomic E-state index is 11.0. The number of hydrogen-bond donors (Lipinski definition) is 1. The van der Waals surface area contributed by atoms with E-state index in [0.717, 1.165) is 17.7 Å². The second-order valence-electron chi connectivity index (χ2n) is 4.05. The molecule has 0 atom stereocenters. The molecule has 8 heteroatoms. The van der Waals surface area contributed by atoms with Crippen LogP contribution in [0.4, 0.5) is 5.69 Å². The lowest BCUT2D eigenvalue weighted by Crippen LogP contribution is -2.03. The topological polar surface area (TPSA) is 107 Å². The third-order valence-corrected chi connectivity index (χ3v) is 2.56. The first-order valence-corrected chi connectivity index (χ1v) is 5.59. The summed E-state index contributed by atoms with van der Waals surface area (Å²) < 4.78 is 7.00. The SMILES string of the molecule is Cn1cc(COc2ccc([N+](=O)[O-])c(C(=O)O)c2)cn1. The molecule has 1 aromatic carbocycles. The largest absolute Gasteiger partial charge is 0.489 e. The number of aromatic carboxylic acids is 1. The number of aryl methyl sites for hydroxylation is 1. The van der Waals surface area contributed by atoms with Crippen LogP contribution in [0.5, 0.6) is 5.75 Å². The molecule has 0 saturated heterocycles. The summed E-state index contributed by atoms with van der Waals surface area (Å²) in [5.41, 5.74) is -0.0624. The normalized spacial score (nSPS) is 10.2. The molecule has 20 heavy (non-hydrogen) atoms. The van der Waals surface area contributed by atoms with Crippen LogP contribution in [0.3, 0.4) is 0 Å². The van der Waals surface area contributed by atoms with E-state index in [9.17, 15) is 14.9 Å². The van der Waals surface area contributed by atoms with Gasteiger partial charge in [-0.1, -0.05) is 0 Å². The number of rotatable bonds is 5. The van der Waals surface area contributed by atoms with Crippen molar-refractivity contribution in [2.45, 2.75) is 6.61 Å². The predicted molar refractivity (Wildman–Crippen MR) is 67.6 cm³/mol. The summed E-state index contributed by atoms with van der Waals surface area (Å²) in [5.74, 6) is -1.12. The van der Waals surface area contributed by atoms with Gasteiger partial charge in [-0.25, -0.2) is 4.79 Å². The van der Waals surface area contributed by atoms with Crippen molar-refractivity contribution in [2.75, 3.05) is 0 Å². The highest BCUT2D eigenvalue weighted by molar-refractivity contribution is 5.92. The maximum atomic E-state index is 11.0. The Morgan fingerprint density at radius 1 is 1.55 bits per heavy atom. The zero-order valence-corrected chi connectivity index (χ0v) is 10.5. The Morgan fingerprint density at radius 3 is 2.85 bits per heavy atom. The summed E-state index contributed by atoms with van der Waals surface area (Å²) in [7, 11) is 1.76. The van der Waals surface area contributed by atoms with Gasteiger partial charge in [-0.3, -0.25) is 14.8 Å². The van der Waals surface area contributed by atoms with Gasteiger partial charge < -0.3 is 9.84 Å². The Morgan fingerprint density at radius 2 is 2.30 bits per heavy atom. The van der Waals surface area contributed by atoms with Gasteiger partial charge >= 0.3 is 5.97 Å². The minimum atomic E-state index is -1.37. The van der Waals surface area contributed by atoms with Crippen LogP contribution in [0.2, 0.25) is 0 Å². The number of carboxylic acid groups (broad SMARTS) is 1. The molecular formula is C12H11N3O5. The molecule has 1 aromatic heterocycles. The Hall–Kier alpha value is -2.90.